The van der Waals surface area contributed by atoms with Crippen LogP contribution in [0.5, 0.6) is 0 Å². The summed E-state index contributed by atoms with van der Waals surface area (Å²) in [7, 11) is 0. The molecule has 2 aromatic heterocycles. The van der Waals surface area contributed by atoms with E-state index in [1.54, 1.807) is 24.3 Å². The van der Waals surface area contributed by atoms with Gasteiger partial charge in [0.1, 0.15) is 15.5 Å². The molecule has 2 aromatic carbocycles. The van der Waals surface area contributed by atoms with Gasteiger partial charge in [-0.3, -0.25) is 4.79 Å². The number of anilines is 3. The highest BCUT2D eigenvalue weighted by molar-refractivity contribution is 7.21. The summed E-state index contributed by atoms with van der Waals surface area (Å²) in [5, 5.41) is 15.0. The van der Waals surface area contributed by atoms with E-state index in [1.807, 2.05) is 6.92 Å². The van der Waals surface area contributed by atoms with Gasteiger partial charge >= 0.3 is 12.2 Å². The predicted molar refractivity (Wildman–Crippen MR) is 144 cm³/mol. The lowest BCUT2D eigenvalue weighted by molar-refractivity contribution is -0.137. The van der Waals surface area contributed by atoms with Crippen LogP contribution >= 0.6 is 11.3 Å². The van der Waals surface area contributed by atoms with E-state index in [0.717, 1.165) is 35.6 Å². The van der Waals surface area contributed by atoms with Crippen LogP contribution in [0.1, 0.15) is 34.4 Å². The first-order valence-corrected chi connectivity index (χ1v) is 12.6. The van der Waals surface area contributed by atoms with Gasteiger partial charge in [0.05, 0.1) is 22.3 Å². The summed E-state index contributed by atoms with van der Waals surface area (Å²) in [6.07, 6.45) is -3.37. The minimum Gasteiger partial charge on any atom is -0.397 e. The van der Waals surface area contributed by atoms with E-state index >= 15 is 0 Å². The Hall–Kier alpha value is -4.23. The molecule has 2 heterocycles. The van der Waals surface area contributed by atoms with Gasteiger partial charge in [-0.1, -0.05) is 19.1 Å². The first-order chi connectivity index (χ1) is 18.5. The summed E-state index contributed by atoms with van der Waals surface area (Å²) in [6.45, 7) is 1.92. The van der Waals surface area contributed by atoms with Crippen molar-refractivity contribution in [1.29, 1.82) is 0 Å². The number of carbonyl (C=O) groups is 2. The lowest BCUT2D eigenvalue weighted by Crippen LogP contribution is -2.19. The molecule has 0 aliphatic carbocycles. The van der Waals surface area contributed by atoms with Crippen molar-refractivity contribution in [3.05, 3.63) is 64.8 Å². The summed E-state index contributed by atoms with van der Waals surface area (Å²) in [5.41, 5.74) is 12.7. The van der Waals surface area contributed by atoms with Crippen molar-refractivity contribution in [1.82, 2.24) is 9.97 Å². The van der Waals surface area contributed by atoms with Crippen molar-refractivity contribution < 1.29 is 27.9 Å². The molecule has 1 atom stereocenters. The minimum atomic E-state index is -4.48. The van der Waals surface area contributed by atoms with Gasteiger partial charge in [0, 0.05) is 30.0 Å². The van der Waals surface area contributed by atoms with Crippen LogP contribution < -0.4 is 22.1 Å². The zero-order valence-corrected chi connectivity index (χ0v) is 21.5. The molecule has 0 saturated heterocycles. The summed E-state index contributed by atoms with van der Waals surface area (Å²) in [5.74, 6) is -0.154. The second-order valence-electron chi connectivity index (χ2n) is 8.94. The Morgan fingerprint density at radius 2 is 1.77 bits per heavy atom. The number of urea groups is 1. The van der Waals surface area contributed by atoms with E-state index in [1.165, 1.54) is 0 Å². The van der Waals surface area contributed by atoms with Gasteiger partial charge in [-0.05, 0) is 48.7 Å². The number of rotatable bonds is 8. The fourth-order valence-corrected chi connectivity index (χ4v) is 4.78. The number of nitrogen functional groups attached to an aromatic ring is 1. The lowest BCUT2D eigenvalue weighted by Gasteiger charge is -2.12. The number of primary amides is 1. The van der Waals surface area contributed by atoms with E-state index in [9.17, 15) is 27.9 Å². The molecule has 4 aromatic rings. The molecule has 4 rings (SSSR count). The van der Waals surface area contributed by atoms with Crippen LogP contribution in [0.4, 0.5) is 35.0 Å². The molecule has 0 unspecified atom stereocenters. The van der Waals surface area contributed by atoms with Gasteiger partial charge in [-0.25, -0.2) is 14.8 Å². The Bertz CT molecular complexity index is 1520. The number of hydrogen-bond donors (Lipinski definition) is 5. The summed E-state index contributed by atoms with van der Waals surface area (Å²) >= 11 is 1.06. The second kappa shape index (κ2) is 11.3. The van der Waals surface area contributed by atoms with Crippen molar-refractivity contribution in [2.75, 3.05) is 23.0 Å². The SMILES string of the molecule is C[C@H](CO)CCc1nc(-c2cccc(NC(=O)Nc3ccc(C(F)(F)F)cc3)c2)c2c(N)c(C(N)=O)sc2n1. The number of halogens is 3. The molecule has 0 saturated carbocycles. The van der Waals surface area contributed by atoms with Crippen molar-refractivity contribution in [3.63, 3.8) is 0 Å². The number of benzene rings is 2. The molecule has 0 bridgehead atoms. The fourth-order valence-electron chi connectivity index (χ4n) is 3.82. The summed E-state index contributed by atoms with van der Waals surface area (Å²) < 4.78 is 38.3. The molecule has 7 N–H and O–H groups in total. The molecule has 0 fully saturated rings. The number of thiophene rings is 1. The largest absolute Gasteiger partial charge is 0.416 e. The molecule has 0 aliphatic heterocycles. The van der Waals surface area contributed by atoms with Gasteiger partial charge in [-0.2, -0.15) is 13.2 Å². The number of alkyl halides is 3. The summed E-state index contributed by atoms with van der Waals surface area (Å²) in [6, 6.07) is 10.1. The lowest BCUT2D eigenvalue weighted by atomic mass is 10.0. The van der Waals surface area contributed by atoms with Crippen LogP contribution in [-0.2, 0) is 12.6 Å². The molecule has 9 nitrogen and oxygen atoms in total. The molecule has 0 radical (unpaired) electrons. The number of aliphatic hydroxyl groups is 1. The van der Waals surface area contributed by atoms with Gasteiger partial charge in [0.2, 0.25) is 0 Å². The number of aryl methyl sites for hydroxylation is 1. The zero-order chi connectivity index (χ0) is 28.3. The number of carbonyl (C=O) groups excluding carboxylic acids is 2. The van der Waals surface area contributed by atoms with Crippen LogP contribution in [0.3, 0.4) is 0 Å². The standard InChI is InChI=1S/C26H25F3N6O3S/c1-13(12-36)5-10-18-34-21(19-20(30)22(23(31)37)39-24(19)35-18)14-3-2-4-17(11-14)33-25(38)32-16-8-6-15(7-9-16)26(27,28)29/h2-4,6-9,11,13,36H,5,10,12,30H2,1H3,(H2,31,37)(H2,32,33,38)/t13-/m0/s1. The first-order valence-electron chi connectivity index (χ1n) is 11.8. The number of aromatic nitrogens is 2. The maximum Gasteiger partial charge on any atom is 0.416 e. The molecular formula is C26H25F3N6O3S. The number of nitrogens with zero attached hydrogens (tertiary/aromatic N) is 2. The Balaban J connectivity index is 1.63. The normalized spacial score (nSPS) is 12.3. The van der Waals surface area contributed by atoms with Gasteiger partial charge in [0.15, 0.2) is 0 Å². The number of nitrogens with two attached hydrogens (primary N) is 2. The average molecular weight is 559 g/mol. The summed E-state index contributed by atoms with van der Waals surface area (Å²) in [4.78, 5) is 34.4. The molecule has 13 heteroatoms. The Kier molecular flexibility index (Phi) is 8.02. The van der Waals surface area contributed by atoms with Crippen LogP contribution in [0.2, 0.25) is 0 Å². The van der Waals surface area contributed by atoms with Crippen molar-refractivity contribution in [3.8, 4) is 11.3 Å². The quantitative estimate of drug-likeness (QED) is 0.199. The Morgan fingerprint density at radius 1 is 1.08 bits per heavy atom. The van der Waals surface area contributed by atoms with Crippen LogP contribution in [0.25, 0.3) is 21.5 Å². The zero-order valence-electron chi connectivity index (χ0n) is 20.7. The number of nitrogens with one attached hydrogen (secondary N) is 2. The third-order valence-electron chi connectivity index (χ3n) is 5.90. The predicted octanol–water partition coefficient (Wildman–Crippen LogP) is 5.26. The maximum atomic E-state index is 12.8. The number of aliphatic hydroxyl groups excluding tert-OH is 1. The van der Waals surface area contributed by atoms with Gasteiger partial charge in [0.25, 0.3) is 5.91 Å². The highest BCUT2D eigenvalue weighted by Crippen LogP contribution is 2.39. The van der Waals surface area contributed by atoms with E-state index in [0.29, 0.717) is 45.8 Å². The van der Waals surface area contributed by atoms with Crippen molar-refractivity contribution in [2.45, 2.75) is 25.9 Å². The Morgan fingerprint density at radius 3 is 2.41 bits per heavy atom. The van der Waals surface area contributed by atoms with Crippen molar-refractivity contribution >= 4 is 50.6 Å². The molecule has 204 valence electrons. The molecule has 0 spiro atoms. The van der Waals surface area contributed by atoms with Crippen LogP contribution in [0.15, 0.2) is 48.5 Å². The highest BCUT2D eigenvalue weighted by Gasteiger charge is 2.30. The van der Waals surface area contributed by atoms with E-state index in [-0.39, 0.29) is 28.8 Å². The second-order valence-corrected chi connectivity index (χ2v) is 9.94. The van der Waals surface area contributed by atoms with E-state index in [4.69, 9.17) is 11.5 Å². The smallest absolute Gasteiger partial charge is 0.397 e. The highest BCUT2D eigenvalue weighted by atomic mass is 32.1. The number of hydrogen-bond acceptors (Lipinski definition) is 7. The van der Waals surface area contributed by atoms with Gasteiger partial charge in [-0.15, -0.1) is 11.3 Å². The number of fused-ring (bicyclic) bond motifs is 1. The molecule has 39 heavy (non-hydrogen) atoms. The molecular weight excluding hydrogens is 533 g/mol. The first kappa shape index (κ1) is 27.8. The van der Waals surface area contributed by atoms with E-state index in [2.05, 4.69) is 20.6 Å². The maximum absolute atomic E-state index is 12.8. The molecule has 0 aliphatic rings. The average Bonchev–Trinajstić information content (AvgIpc) is 3.23. The third kappa shape index (κ3) is 6.44. The van der Waals surface area contributed by atoms with E-state index < -0.39 is 23.7 Å². The van der Waals surface area contributed by atoms with Crippen LogP contribution in [0, 0.1) is 5.92 Å². The Labute approximate surface area is 225 Å². The van der Waals surface area contributed by atoms with Crippen molar-refractivity contribution in [2.24, 2.45) is 11.7 Å². The topological polar surface area (TPSA) is 156 Å². The third-order valence-corrected chi connectivity index (χ3v) is 7.01. The monoisotopic (exact) mass is 558 g/mol. The minimum absolute atomic E-state index is 0.0229. The molecule has 3 amide bonds. The fraction of sp³-hybridized carbons (Fsp3) is 0.231. The van der Waals surface area contributed by atoms with Crippen LogP contribution in [-0.4, -0.2) is 33.6 Å². The van der Waals surface area contributed by atoms with Gasteiger partial charge < -0.3 is 27.2 Å². The number of amides is 3.